The molecule has 0 unspecified atom stereocenters. The molecule has 0 aromatic carbocycles. The minimum absolute atomic E-state index is 0.288. The van der Waals surface area contributed by atoms with Crippen molar-refractivity contribution in [1.82, 2.24) is 0 Å². The summed E-state index contributed by atoms with van der Waals surface area (Å²) >= 11 is 3.50. The van der Waals surface area contributed by atoms with E-state index >= 15 is 0 Å². The van der Waals surface area contributed by atoms with E-state index in [0.29, 0.717) is 5.76 Å². The monoisotopic (exact) mass is 132 g/mol. The van der Waals surface area contributed by atoms with Crippen LogP contribution in [-0.2, 0) is 9.53 Å². The zero-order valence-corrected chi connectivity index (χ0v) is 5.74. The molecule has 0 aromatic heterocycles. The molecule has 0 aliphatic heterocycles. The van der Waals surface area contributed by atoms with Crippen LogP contribution in [0.1, 0.15) is 6.92 Å². The van der Waals surface area contributed by atoms with Crippen LogP contribution in [0.15, 0.2) is 11.8 Å². The third kappa shape index (κ3) is 3.74. The molecule has 3 heteroatoms. The van der Waals surface area contributed by atoms with Gasteiger partial charge in [0.05, 0.1) is 12.9 Å². The minimum atomic E-state index is -0.288. The van der Waals surface area contributed by atoms with Crippen LogP contribution in [0, 0.1) is 0 Å². The summed E-state index contributed by atoms with van der Waals surface area (Å²) in [5.74, 6) is 0.574. The topological polar surface area (TPSA) is 26.3 Å². The second-order valence-electron chi connectivity index (χ2n) is 1.30. The van der Waals surface area contributed by atoms with Crippen molar-refractivity contribution in [2.24, 2.45) is 0 Å². The van der Waals surface area contributed by atoms with E-state index in [1.807, 2.05) is 0 Å². The van der Waals surface area contributed by atoms with Crippen LogP contribution in [0.25, 0.3) is 0 Å². The summed E-state index contributed by atoms with van der Waals surface area (Å²) in [7, 11) is 1.50. The molecule has 0 amide bonds. The van der Waals surface area contributed by atoms with Crippen molar-refractivity contribution >= 4 is 17.7 Å². The Bertz CT molecular complexity index is 118. The van der Waals surface area contributed by atoms with Crippen molar-refractivity contribution in [3.8, 4) is 0 Å². The fourth-order valence-corrected chi connectivity index (χ4v) is 0.415. The van der Waals surface area contributed by atoms with Gasteiger partial charge in [0.2, 0.25) is 5.12 Å². The van der Waals surface area contributed by atoms with Gasteiger partial charge in [-0.3, -0.25) is 4.79 Å². The van der Waals surface area contributed by atoms with Gasteiger partial charge in [-0.1, -0.05) is 0 Å². The maximum Gasteiger partial charge on any atom is 0.212 e. The number of ether oxygens (including phenoxy) is 1. The molecule has 0 N–H and O–H groups in total. The van der Waals surface area contributed by atoms with Crippen LogP contribution in [-0.4, -0.2) is 12.2 Å². The summed E-state index contributed by atoms with van der Waals surface area (Å²) < 4.78 is 4.65. The molecular formula is C5H8O2S. The van der Waals surface area contributed by atoms with Crippen LogP contribution >= 0.6 is 12.6 Å². The Morgan fingerprint density at radius 2 is 2.25 bits per heavy atom. The molecule has 0 atom stereocenters. The van der Waals surface area contributed by atoms with E-state index in [-0.39, 0.29) is 5.12 Å². The van der Waals surface area contributed by atoms with Crippen molar-refractivity contribution in [2.75, 3.05) is 7.11 Å². The van der Waals surface area contributed by atoms with E-state index in [9.17, 15) is 4.79 Å². The van der Waals surface area contributed by atoms with Crippen molar-refractivity contribution in [1.29, 1.82) is 0 Å². The molecule has 0 bridgehead atoms. The highest BCUT2D eigenvalue weighted by molar-refractivity contribution is 7.97. The normalized spacial score (nSPS) is 11.1. The maximum atomic E-state index is 10.1. The highest BCUT2D eigenvalue weighted by Crippen LogP contribution is 1.93. The lowest BCUT2D eigenvalue weighted by Gasteiger charge is -1.93. The molecule has 0 aliphatic carbocycles. The summed E-state index contributed by atoms with van der Waals surface area (Å²) in [6, 6.07) is 0. The smallest absolute Gasteiger partial charge is 0.212 e. The molecule has 0 saturated carbocycles. The number of hydrogen-bond donors (Lipinski definition) is 1. The molecule has 0 saturated heterocycles. The molecule has 0 spiro atoms. The lowest BCUT2D eigenvalue weighted by atomic mass is 10.5. The number of rotatable bonds is 2. The van der Waals surface area contributed by atoms with Crippen LogP contribution in [0.5, 0.6) is 0 Å². The van der Waals surface area contributed by atoms with Crippen molar-refractivity contribution < 1.29 is 9.53 Å². The van der Waals surface area contributed by atoms with Gasteiger partial charge in [-0.05, 0) is 6.92 Å². The lowest BCUT2D eigenvalue weighted by Crippen LogP contribution is -1.83. The summed E-state index contributed by atoms with van der Waals surface area (Å²) in [6.07, 6.45) is 1.31. The second-order valence-corrected chi connectivity index (χ2v) is 1.74. The first-order valence-electron chi connectivity index (χ1n) is 2.12. The second kappa shape index (κ2) is 3.55. The zero-order valence-electron chi connectivity index (χ0n) is 4.84. The van der Waals surface area contributed by atoms with Crippen molar-refractivity contribution in [3.63, 3.8) is 0 Å². The van der Waals surface area contributed by atoms with Gasteiger partial charge in [0.15, 0.2) is 0 Å². The van der Waals surface area contributed by atoms with E-state index in [1.54, 1.807) is 6.92 Å². The zero-order chi connectivity index (χ0) is 6.57. The highest BCUT2D eigenvalue weighted by Gasteiger charge is 1.87. The van der Waals surface area contributed by atoms with E-state index in [0.717, 1.165) is 0 Å². The number of methoxy groups -OCH3 is 1. The number of carbonyl (C=O) groups excluding carboxylic acids is 1. The predicted molar refractivity (Wildman–Crippen MR) is 34.8 cm³/mol. The Morgan fingerprint density at radius 1 is 1.75 bits per heavy atom. The van der Waals surface area contributed by atoms with Crippen LogP contribution in [0.4, 0.5) is 0 Å². The number of allylic oxidation sites excluding steroid dienone is 1. The van der Waals surface area contributed by atoms with Crippen molar-refractivity contribution in [3.05, 3.63) is 11.8 Å². The minimum Gasteiger partial charge on any atom is -0.501 e. The van der Waals surface area contributed by atoms with E-state index in [4.69, 9.17) is 0 Å². The largest absolute Gasteiger partial charge is 0.501 e. The third-order valence-electron chi connectivity index (χ3n) is 0.649. The van der Waals surface area contributed by atoms with Gasteiger partial charge in [-0.15, -0.1) is 12.6 Å². The lowest BCUT2D eigenvalue weighted by molar-refractivity contribution is -0.107. The van der Waals surface area contributed by atoms with Gasteiger partial charge in [0.25, 0.3) is 0 Å². The summed E-state index contributed by atoms with van der Waals surface area (Å²) in [5.41, 5.74) is 0. The summed E-state index contributed by atoms with van der Waals surface area (Å²) in [6.45, 7) is 1.69. The molecule has 46 valence electrons. The van der Waals surface area contributed by atoms with E-state index in [1.165, 1.54) is 13.2 Å². The van der Waals surface area contributed by atoms with Gasteiger partial charge < -0.3 is 4.74 Å². The van der Waals surface area contributed by atoms with Gasteiger partial charge in [-0.2, -0.15) is 0 Å². The molecule has 0 rings (SSSR count). The number of carbonyl (C=O) groups is 1. The standard InChI is InChI=1S/C5H8O2S/c1-4(7-2)3-5(6)8/h3H,1-2H3,(H,6,8)/b4-3-. The van der Waals surface area contributed by atoms with E-state index < -0.39 is 0 Å². The Kier molecular flexibility index (Phi) is 3.35. The Labute approximate surface area is 53.9 Å². The maximum absolute atomic E-state index is 10.1. The highest BCUT2D eigenvalue weighted by atomic mass is 32.1. The summed E-state index contributed by atoms with van der Waals surface area (Å²) in [4.78, 5) is 10.1. The first-order valence-corrected chi connectivity index (χ1v) is 2.56. The predicted octanol–water partition coefficient (Wildman–Crippen LogP) is 0.993. The molecule has 0 heterocycles. The Morgan fingerprint density at radius 3 is 2.38 bits per heavy atom. The van der Waals surface area contributed by atoms with E-state index in [2.05, 4.69) is 17.4 Å². The fourth-order valence-electron chi connectivity index (χ4n) is 0.233. The Hall–Kier alpha value is -0.440. The molecular weight excluding hydrogens is 124 g/mol. The molecule has 0 fully saturated rings. The quantitative estimate of drug-likeness (QED) is 0.344. The van der Waals surface area contributed by atoms with Crippen LogP contribution in [0.3, 0.4) is 0 Å². The number of thiol groups is 1. The SMILES string of the molecule is CO/C(C)=C\C(=O)S. The number of hydrogen-bond acceptors (Lipinski definition) is 2. The summed E-state index contributed by atoms with van der Waals surface area (Å²) in [5, 5.41) is -0.288. The Balaban J connectivity index is 3.75. The third-order valence-corrected chi connectivity index (χ3v) is 0.778. The van der Waals surface area contributed by atoms with Crippen LogP contribution in [0.2, 0.25) is 0 Å². The molecule has 2 nitrogen and oxygen atoms in total. The van der Waals surface area contributed by atoms with Gasteiger partial charge in [-0.25, -0.2) is 0 Å². The fraction of sp³-hybridized carbons (Fsp3) is 0.400. The first-order chi connectivity index (χ1) is 3.66. The average molecular weight is 132 g/mol. The molecule has 0 radical (unpaired) electrons. The average Bonchev–Trinajstić information content (AvgIpc) is 1.65. The van der Waals surface area contributed by atoms with Crippen LogP contribution < -0.4 is 0 Å². The van der Waals surface area contributed by atoms with Gasteiger partial charge in [0.1, 0.15) is 0 Å². The van der Waals surface area contributed by atoms with Gasteiger partial charge in [0, 0.05) is 6.08 Å². The molecule has 0 aromatic rings. The van der Waals surface area contributed by atoms with Gasteiger partial charge >= 0.3 is 0 Å². The molecule has 8 heavy (non-hydrogen) atoms. The van der Waals surface area contributed by atoms with Crippen molar-refractivity contribution in [2.45, 2.75) is 6.92 Å². The first kappa shape index (κ1) is 7.56. The molecule has 0 aliphatic rings.